The fourth-order valence-electron chi connectivity index (χ4n) is 0.237. The number of terminal acetylenes is 2. The molecule has 42 valence electrons. The summed E-state index contributed by atoms with van der Waals surface area (Å²) in [6, 6.07) is 0. The highest BCUT2D eigenvalue weighted by atomic mass is 32.2. The lowest BCUT2D eigenvalue weighted by Crippen LogP contribution is -1.97. The first kappa shape index (κ1) is 7.27. The molecule has 0 saturated carbocycles. The molecule has 0 unspecified atom stereocenters. The molecule has 0 saturated heterocycles. The summed E-state index contributed by atoms with van der Waals surface area (Å²) in [6.45, 7) is 0. The lowest BCUT2D eigenvalue weighted by Gasteiger charge is -1.84. The second-order valence-corrected chi connectivity index (χ2v) is 2.59. The van der Waals surface area contributed by atoms with Crippen molar-refractivity contribution in [2.45, 2.75) is 0 Å². The van der Waals surface area contributed by atoms with Crippen molar-refractivity contribution < 1.29 is 4.21 Å². The third-order valence-electron chi connectivity index (χ3n) is 0.489. The van der Waals surface area contributed by atoms with Gasteiger partial charge in [0.2, 0.25) is 0 Å². The van der Waals surface area contributed by atoms with E-state index in [4.69, 9.17) is 12.8 Å². The highest BCUT2D eigenvalue weighted by molar-refractivity contribution is 7.85. The number of rotatable bonds is 2. The summed E-state index contributed by atoms with van der Waals surface area (Å²) in [5.41, 5.74) is 0. The average Bonchev–Trinajstić information content (AvgIpc) is 1.68. The zero-order valence-electron chi connectivity index (χ0n) is 4.39. The molecule has 0 aliphatic carbocycles. The molecule has 0 aromatic rings. The van der Waals surface area contributed by atoms with Crippen molar-refractivity contribution in [3.8, 4) is 24.7 Å². The summed E-state index contributed by atoms with van der Waals surface area (Å²) in [5.74, 6) is 5.05. The van der Waals surface area contributed by atoms with Crippen LogP contribution in [0.15, 0.2) is 0 Å². The second-order valence-electron chi connectivity index (χ2n) is 1.14. The van der Waals surface area contributed by atoms with Gasteiger partial charge in [0.25, 0.3) is 0 Å². The molecule has 0 N–H and O–H groups in total. The van der Waals surface area contributed by atoms with E-state index in [0.29, 0.717) is 0 Å². The van der Waals surface area contributed by atoms with Crippen molar-refractivity contribution in [1.29, 1.82) is 0 Å². The number of hydrogen-bond donors (Lipinski definition) is 0. The fourth-order valence-corrected chi connectivity index (χ4v) is 0.711. The van der Waals surface area contributed by atoms with Crippen LogP contribution in [0.3, 0.4) is 0 Å². The minimum atomic E-state index is -0.992. The predicted molar refractivity (Wildman–Crippen MR) is 35.5 cm³/mol. The van der Waals surface area contributed by atoms with Crippen LogP contribution in [0.4, 0.5) is 0 Å². The van der Waals surface area contributed by atoms with Crippen molar-refractivity contribution in [2.24, 2.45) is 0 Å². The fraction of sp³-hybridized carbons (Fsp3) is 0.333. The molecular weight excluding hydrogens is 120 g/mol. The van der Waals surface area contributed by atoms with Gasteiger partial charge in [-0.15, -0.1) is 12.8 Å². The van der Waals surface area contributed by atoms with Crippen LogP contribution in [-0.2, 0) is 10.8 Å². The maximum absolute atomic E-state index is 10.5. The van der Waals surface area contributed by atoms with E-state index in [2.05, 4.69) is 11.8 Å². The minimum Gasteiger partial charge on any atom is -0.258 e. The van der Waals surface area contributed by atoms with Crippen LogP contribution in [0, 0.1) is 24.7 Å². The molecule has 0 fully saturated rings. The van der Waals surface area contributed by atoms with Gasteiger partial charge < -0.3 is 0 Å². The third-order valence-corrected chi connectivity index (χ3v) is 1.47. The summed E-state index contributed by atoms with van der Waals surface area (Å²) in [5, 5.41) is 0. The normalized spacial score (nSPS) is 7.88. The van der Waals surface area contributed by atoms with Gasteiger partial charge in [0.05, 0.1) is 11.5 Å². The highest BCUT2D eigenvalue weighted by Gasteiger charge is 1.89. The summed E-state index contributed by atoms with van der Waals surface area (Å²) >= 11 is 0. The molecule has 2 heteroatoms. The van der Waals surface area contributed by atoms with E-state index in [1.54, 1.807) is 0 Å². The van der Waals surface area contributed by atoms with Gasteiger partial charge in [0.15, 0.2) is 0 Å². The Balaban J connectivity index is 3.41. The lowest BCUT2D eigenvalue weighted by atomic mass is 10.8. The largest absolute Gasteiger partial charge is 0.258 e. The third kappa shape index (κ3) is 3.46. The molecule has 0 aliphatic heterocycles. The summed E-state index contributed by atoms with van der Waals surface area (Å²) in [6.07, 6.45) is 9.70. The van der Waals surface area contributed by atoms with E-state index in [1.165, 1.54) is 0 Å². The Bertz CT molecular complexity index is 140. The predicted octanol–water partition coefficient (Wildman–Crippen LogP) is 0.00150. The Hall–Kier alpha value is -0.730. The van der Waals surface area contributed by atoms with Crippen LogP contribution in [0.5, 0.6) is 0 Å². The molecule has 0 radical (unpaired) electrons. The van der Waals surface area contributed by atoms with Crippen LogP contribution < -0.4 is 0 Å². The van der Waals surface area contributed by atoms with E-state index in [9.17, 15) is 4.21 Å². The van der Waals surface area contributed by atoms with Crippen LogP contribution in [0.1, 0.15) is 0 Å². The lowest BCUT2D eigenvalue weighted by molar-refractivity contribution is 0.687. The first-order valence-corrected chi connectivity index (χ1v) is 3.52. The molecule has 0 aliphatic rings. The molecule has 0 bridgehead atoms. The summed E-state index contributed by atoms with van der Waals surface area (Å²) in [7, 11) is -0.992. The Morgan fingerprint density at radius 1 is 1.25 bits per heavy atom. The topological polar surface area (TPSA) is 17.1 Å². The molecular formula is C6H6OS. The Morgan fingerprint density at radius 3 is 1.88 bits per heavy atom. The monoisotopic (exact) mass is 126 g/mol. The van der Waals surface area contributed by atoms with Crippen molar-refractivity contribution in [3.05, 3.63) is 0 Å². The Kier molecular flexibility index (Phi) is 4.03. The van der Waals surface area contributed by atoms with Gasteiger partial charge in [0, 0.05) is 10.8 Å². The van der Waals surface area contributed by atoms with E-state index >= 15 is 0 Å². The van der Waals surface area contributed by atoms with E-state index in [1.807, 2.05) is 0 Å². The summed E-state index contributed by atoms with van der Waals surface area (Å²) < 4.78 is 10.5. The van der Waals surface area contributed by atoms with Gasteiger partial charge >= 0.3 is 0 Å². The maximum atomic E-state index is 10.5. The van der Waals surface area contributed by atoms with Gasteiger partial charge in [-0.05, 0) is 0 Å². The van der Waals surface area contributed by atoms with Gasteiger partial charge in [-0.3, -0.25) is 4.21 Å². The molecule has 0 heterocycles. The first-order valence-electron chi connectivity index (χ1n) is 2.03. The molecule has 0 aromatic heterocycles. The quantitative estimate of drug-likeness (QED) is 0.476. The minimum absolute atomic E-state index is 0.268. The van der Waals surface area contributed by atoms with Crippen LogP contribution >= 0.6 is 0 Å². The van der Waals surface area contributed by atoms with Crippen LogP contribution in [0.2, 0.25) is 0 Å². The van der Waals surface area contributed by atoms with Gasteiger partial charge in [-0.25, -0.2) is 0 Å². The molecule has 0 rings (SSSR count). The van der Waals surface area contributed by atoms with E-state index < -0.39 is 10.8 Å². The maximum Gasteiger partial charge on any atom is 0.0854 e. The Morgan fingerprint density at radius 2 is 1.62 bits per heavy atom. The zero-order chi connectivity index (χ0) is 6.41. The van der Waals surface area contributed by atoms with Gasteiger partial charge in [-0.2, -0.15) is 0 Å². The van der Waals surface area contributed by atoms with Crippen LogP contribution in [0.25, 0.3) is 0 Å². The zero-order valence-corrected chi connectivity index (χ0v) is 5.20. The Labute approximate surface area is 51.9 Å². The van der Waals surface area contributed by atoms with Crippen molar-refractivity contribution in [2.75, 3.05) is 11.5 Å². The molecule has 0 aromatic carbocycles. The first-order chi connectivity index (χ1) is 3.81. The highest BCUT2D eigenvalue weighted by Crippen LogP contribution is 1.76. The molecule has 0 atom stereocenters. The van der Waals surface area contributed by atoms with Crippen molar-refractivity contribution >= 4 is 10.8 Å². The van der Waals surface area contributed by atoms with Crippen LogP contribution in [-0.4, -0.2) is 15.7 Å². The van der Waals surface area contributed by atoms with Crippen molar-refractivity contribution in [3.63, 3.8) is 0 Å². The van der Waals surface area contributed by atoms with Gasteiger partial charge in [-0.1, -0.05) is 11.8 Å². The van der Waals surface area contributed by atoms with E-state index in [0.717, 1.165) is 0 Å². The molecule has 0 amide bonds. The SMILES string of the molecule is C#CCS(=O)CC#C. The molecule has 0 spiro atoms. The second kappa shape index (κ2) is 4.43. The number of hydrogen-bond acceptors (Lipinski definition) is 1. The molecule has 1 nitrogen and oxygen atoms in total. The molecule has 8 heavy (non-hydrogen) atoms. The van der Waals surface area contributed by atoms with E-state index in [-0.39, 0.29) is 11.5 Å². The van der Waals surface area contributed by atoms with Gasteiger partial charge in [0.1, 0.15) is 0 Å². The summed E-state index contributed by atoms with van der Waals surface area (Å²) in [4.78, 5) is 0. The van der Waals surface area contributed by atoms with Crippen molar-refractivity contribution in [1.82, 2.24) is 0 Å². The standard InChI is InChI=1S/C6H6OS/c1-3-5-8(7)6-4-2/h1-2H,5-6H2. The smallest absolute Gasteiger partial charge is 0.0854 e. The average molecular weight is 126 g/mol.